The second kappa shape index (κ2) is 3.86. The van der Waals surface area contributed by atoms with Gasteiger partial charge in [0.15, 0.2) is 5.83 Å². The van der Waals surface area contributed by atoms with Crippen molar-refractivity contribution in [2.45, 2.75) is 25.7 Å². The monoisotopic (exact) mass is 225 g/mol. The van der Waals surface area contributed by atoms with Crippen LogP contribution in [0.2, 0.25) is 0 Å². The van der Waals surface area contributed by atoms with Gasteiger partial charge in [-0.2, -0.15) is 0 Å². The fourth-order valence-corrected chi connectivity index (χ4v) is 1.67. The first kappa shape index (κ1) is 10.5. The SMILES string of the molecule is C=c1cc(C2CC2)[nH]/c1=C(F)/C(Cl)=C\C. The van der Waals surface area contributed by atoms with Crippen molar-refractivity contribution in [1.29, 1.82) is 0 Å². The molecule has 0 spiro atoms. The van der Waals surface area contributed by atoms with E-state index in [0.29, 0.717) is 16.5 Å². The minimum absolute atomic E-state index is 0.129. The van der Waals surface area contributed by atoms with Crippen LogP contribution in [0, 0.1) is 0 Å². The molecule has 0 saturated heterocycles. The first-order valence-electron chi connectivity index (χ1n) is 5.03. The van der Waals surface area contributed by atoms with Crippen LogP contribution in [-0.2, 0) is 0 Å². The van der Waals surface area contributed by atoms with Crippen LogP contribution < -0.4 is 10.6 Å². The highest BCUT2D eigenvalue weighted by Gasteiger charge is 2.24. The molecule has 0 aromatic carbocycles. The maximum absolute atomic E-state index is 13.7. The minimum atomic E-state index is -0.420. The molecule has 1 nitrogen and oxygen atoms in total. The van der Waals surface area contributed by atoms with E-state index in [-0.39, 0.29) is 5.03 Å². The summed E-state index contributed by atoms with van der Waals surface area (Å²) in [4.78, 5) is 3.06. The van der Waals surface area contributed by atoms with Crippen molar-refractivity contribution in [1.82, 2.24) is 4.98 Å². The van der Waals surface area contributed by atoms with Gasteiger partial charge in [-0.25, -0.2) is 4.39 Å². The van der Waals surface area contributed by atoms with E-state index < -0.39 is 5.83 Å². The molecular formula is C12H13ClFN. The van der Waals surface area contributed by atoms with Crippen molar-refractivity contribution in [2.24, 2.45) is 0 Å². The number of halogens is 2. The third-order valence-electron chi connectivity index (χ3n) is 2.62. The second-order valence-corrected chi connectivity index (χ2v) is 4.26. The zero-order chi connectivity index (χ0) is 11.0. The highest BCUT2D eigenvalue weighted by molar-refractivity contribution is 6.35. The lowest BCUT2D eigenvalue weighted by Crippen LogP contribution is -2.22. The third-order valence-corrected chi connectivity index (χ3v) is 3.00. The number of hydrogen-bond donors (Lipinski definition) is 1. The Kier molecular flexibility index (Phi) is 2.70. The van der Waals surface area contributed by atoms with Crippen molar-refractivity contribution in [3.63, 3.8) is 0 Å². The number of nitrogens with one attached hydrogen (secondary N) is 1. The molecule has 1 fully saturated rings. The molecule has 1 aliphatic rings. The molecule has 0 unspecified atom stereocenters. The molecule has 80 valence electrons. The van der Waals surface area contributed by atoms with E-state index in [4.69, 9.17) is 11.6 Å². The average Bonchev–Trinajstić information content (AvgIpc) is 3.00. The van der Waals surface area contributed by atoms with E-state index in [9.17, 15) is 4.39 Å². The average molecular weight is 226 g/mol. The molecule has 0 amide bonds. The summed E-state index contributed by atoms with van der Waals surface area (Å²) < 4.78 is 13.7. The molecule has 15 heavy (non-hydrogen) atoms. The Morgan fingerprint density at radius 1 is 1.67 bits per heavy atom. The lowest BCUT2D eigenvalue weighted by atomic mass is 10.3. The number of hydrogen-bond acceptors (Lipinski definition) is 0. The third kappa shape index (κ3) is 2.00. The normalized spacial score (nSPS) is 19.3. The number of aromatic amines is 1. The molecule has 1 aliphatic carbocycles. The summed E-state index contributed by atoms with van der Waals surface area (Å²) in [5.74, 6) is 0.146. The van der Waals surface area contributed by atoms with E-state index in [1.807, 2.05) is 6.07 Å². The van der Waals surface area contributed by atoms with Crippen molar-refractivity contribution >= 4 is 24.0 Å². The number of rotatable bonds is 2. The smallest absolute Gasteiger partial charge is 0.165 e. The number of aromatic nitrogens is 1. The van der Waals surface area contributed by atoms with E-state index in [0.717, 1.165) is 5.69 Å². The standard InChI is InChI=1S/C12H13ClFN/c1-3-9(13)11(14)12-7(2)6-10(15-12)8-4-5-8/h3,6,8,15H,2,4-5H2,1H3/b9-3+,12-11-. The molecule has 2 rings (SSSR count). The predicted molar refractivity (Wildman–Crippen MR) is 61.7 cm³/mol. The van der Waals surface area contributed by atoms with Gasteiger partial charge in [0.05, 0.1) is 10.4 Å². The molecule has 0 bridgehead atoms. The largest absolute Gasteiger partial charge is 0.356 e. The van der Waals surface area contributed by atoms with Gasteiger partial charge in [0.25, 0.3) is 0 Å². The summed E-state index contributed by atoms with van der Waals surface area (Å²) in [6.07, 6.45) is 3.89. The highest BCUT2D eigenvalue weighted by Crippen LogP contribution is 2.38. The molecule has 1 saturated carbocycles. The lowest BCUT2D eigenvalue weighted by molar-refractivity contribution is 0.750. The van der Waals surface area contributed by atoms with Crippen LogP contribution in [0.1, 0.15) is 31.4 Å². The van der Waals surface area contributed by atoms with Crippen molar-refractivity contribution in [2.75, 3.05) is 0 Å². The van der Waals surface area contributed by atoms with E-state index in [2.05, 4.69) is 11.6 Å². The Morgan fingerprint density at radius 3 is 2.87 bits per heavy atom. The van der Waals surface area contributed by atoms with Gasteiger partial charge >= 0.3 is 0 Å². The van der Waals surface area contributed by atoms with Gasteiger partial charge in [0.1, 0.15) is 0 Å². The highest BCUT2D eigenvalue weighted by atomic mass is 35.5. The van der Waals surface area contributed by atoms with Gasteiger partial charge in [-0.15, -0.1) is 0 Å². The first-order chi connectivity index (χ1) is 7.13. The van der Waals surface area contributed by atoms with E-state index in [1.165, 1.54) is 18.9 Å². The Hall–Kier alpha value is -1.02. The van der Waals surface area contributed by atoms with Gasteiger partial charge in [0, 0.05) is 5.69 Å². The molecule has 1 N–H and O–H groups in total. The zero-order valence-corrected chi connectivity index (χ0v) is 9.37. The summed E-state index contributed by atoms with van der Waals surface area (Å²) in [6, 6.07) is 1.91. The van der Waals surface area contributed by atoms with Crippen molar-refractivity contribution in [3.8, 4) is 0 Å². The molecule has 1 aromatic heterocycles. The van der Waals surface area contributed by atoms with Gasteiger partial charge in [0.2, 0.25) is 0 Å². The van der Waals surface area contributed by atoms with Gasteiger partial charge in [-0.1, -0.05) is 24.3 Å². The van der Waals surface area contributed by atoms with Crippen LogP contribution in [-0.4, -0.2) is 4.98 Å². The van der Waals surface area contributed by atoms with Gasteiger partial charge < -0.3 is 4.98 Å². The maximum Gasteiger partial charge on any atom is 0.165 e. The molecule has 0 atom stereocenters. The van der Waals surface area contributed by atoms with Gasteiger partial charge in [-0.3, -0.25) is 0 Å². The molecule has 1 aromatic rings. The van der Waals surface area contributed by atoms with Crippen molar-refractivity contribution < 1.29 is 4.39 Å². The van der Waals surface area contributed by atoms with Gasteiger partial charge in [-0.05, 0) is 37.0 Å². The fraction of sp³-hybridized carbons (Fsp3) is 0.333. The first-order valence-corrected chi connectivity index (χ1v) is 5.41. The molecule has 0 aliphatic heterocycles. The second-order valence-electron chi connectivity index (χ2n) is 3.85. The van der Waals surface area contributed by atoms with Crippen LogP contribution in [0.15, 0.2) is 17.2 Å². The summed E-state index contributed by atoms with van der Waals surface area (Å²) >= 11 is 5.73. The molecule has 3 heteroatoms. The van der Waals surface area contributed by atoms with Crippen LogP contribution in [0.3, 0.4) is 0 Å². The summed E-state index contributed by atoms with van der Waals surface area (Å²) in [5, 5.41) is 1.22. The maximum atomic E-state index is 13.7. The van der Waals surface area contributed by atoms with Crippen LogP contribution in [0.5, 0.6) is 0 Å². The number of H-pyrrole nitrogens is 1. The number of allylic oxidation sites excluding steroid dienone is 2. The van der Waals surface area contributed by atoms with Crippen LogP contribution >= 0.6 is 11.6 Å². The Morgan fingerprint density at radius 2 is 2.33 bits per heavy atom. The Labute approximate surface area is 93.0 Å². The van der Waals surface area contributed by atoms with Crippen LogP contribution in [0.25, 0.3) is 12.4 Å². The summed E-state index contributed by atoms with van der Waals surface area (Å²) in [7, 11) is 0. The summed E-state index contributed by atoms with van der Waals surface area (Å²) in [5.41, 5.74) is 1.07. The summed E-state index contributed by atoms with van der Waals surface area (Å²) in [6.45, 7) is 5.51. The molecular weight excluding hydrogens is 213 g/mol. The quantitative estimate of drug-likeness (QED) is 0.796. The van der Waals surface area contributed by atoms with Crippen molar-refractivity contribution in [3.05, 3.63) is 33.4 Å². The zero-order valence-electron chi connectivity index (χ0n) is 8.61. The topological polar surface area (TPSA) is 15.8 Å². The van der Waals surface area contributed by atoms with E-state index in [1.54, 1.807) is 6.92 Å². The Bertz CT molecular complexity index is 508. The lowest BCUT2D eigenvalue weighted by Gasteiger charge is -1.92. The predicted octanol–water partition coefficient (Wildman–Crippen LogP) is 2.52. The fourth-order valence-electron chi connectivity index (χ4n) is 1.58. The molecule has 0 radical (unpaired) electrons. The molecule has 1 heterocycles. The minimum Gasteiger partial charge on any atom is -0.356 e. The van der Waals surface area contributed by atoms with E-state index >= 15 is 0 Å². The Balaban J connectivity index is 2.56. The van der Waals surface area contributed by atoms with Crippen LogP contribution in [0.4, 0.5) is 4.39 Å².